The fourth-order valence-corrected chi connectivity index (χ4v) is 4.50. The zero-order valence-corrected chi connectivity index (χ0v) is 21.7. The van der Waals surface area contributed by atoms with Crippen molar-refractivity contribution in [2.75, 3.05) is 33.4 Å². The SMILES string of the molecule is COc1cccc(-c2nc3ccc(OCCCN4CCCC4)cc3c(=O)n2CC(=O)NC(C)(C)C)c1. The number of ether oxygens (including phenoxy) is 2. The molecule has 1 aliphatic heterocycles. The highest BCUT2D eigenvalue weighted by Crippen LogP contribution is 2.25. The van der Waals surface area contributed by atoms with Crippen molar-refractivity contribution in [2.24, 2.45) is 0 Å². The van der Waals surface area contributed by atoms with Crippen molar-refractivity contribution in [3.63, 3.8) is 0 Å². The van der Waals surface area contributed by atoms with Crippen molar-refractivity contribution in [3.05, 3.63) is 52.8 Å². The van der Waals surface area contributed by atoms with Crippen molar-refractivity contribution >= 4 is 16.8 Å². The van der Waals surface area contributed by atoms with Gasteiger partial charge in [0.15, 0.2) is 0 Å². The molecule has 3 aromatic rings. The fraction of sp³-hybridized carbons (Fsp3) is 0.464. The number of carbonyl (C=O) groups excluding carboxylic acids is 1. The van der Waals surface area contributed by atoms with Gasteiger partial charge in [0.05, 0.1) is 24.6 Å². The molecular formula is C28H36N4O4. The van der Waals surface area contributed by atoms with E-state index in [1.54, 1.807) is 19.2 Å². The Labute approximate surface area is 212 Å². The van der Waals surface area contributed by atoms with E-state index >= 15 is 0 Å². The van der Waals surface area contributed by atoms with Gasteiger partial charge >= 0.3 is 0 Å². The van der Waals surface area contributed by atoms with Gasteiger partial charge in [-0.05, 0) is 83.5 Å². The quantitative estimate of drug-likeness (QED) is 0.457. The number of nitrogens with one attached hydrogen (secondary N) is 1. The highest BCUT2D eigenvalue weighted by Gasteiger charge is 2.19. The highest BCUT2D eigenvalue weighted by atomic mass is 16.5. The molecule has 8 heteroatoms. The molecule has 1 N–H and O–H groups in total. The smallest absolute Gasteiger partial charge is 0.262 e. The van der Waals surface area contributed by atoms with Crippen molar-refractivity contribution in [1.29, 1.82) is 0 Å². The van der Waals surface area contributed by atoms with E-state index < -0.39 is 5.54 Å². The lowest BCUT2D eigenvalue weighted by atomic mass is 10.1. The van der Waals surface area contributed by atoms with Crippen molar-refractivity contribution in [3.8, 4) is 22.9 Å². The van der Waals surface area contributed by atoms with Gasteiger partial charge in [-0.2, -0.15) is 0 Å². The molecule has 4 rings (SSSR count). The van der Waals surface area contributed by atoms with Crippen LogP contribution in [-0.4, -0.2) is 59.2 Å². The first-order valence-corrected chi connectivity index (χ1v) is 12.6. The van der Waals surface area contributed by atoms with Gasteiger partial charge in [-0.1, -0.05) is 12.1 Å². The Balaban J connectivity index is 1.65. The third-order valence-electron chi connectivity index (χ3n) is 6.16. The molecule has 1 aliphatic rings. The normalized spacial score (nSPS) is 14.2. The second-order valence-corrected chi connectivity index (χ2v) is 10.3. The first kappa shape index (κ1) is 25.7. The zero-order chi connectivity index (χ0) is 25.7. The third-order valence-corrected chi connectivity index (χ3v) is 6.16. The number of rotatable bonds is 9. The van der Waals surface area contributed by atoms with E-state index in [1.807, 2.05) is 51.1 Å². The topological polar surface area (TPSA) is 85.7 Å². The van der Waals surface area contributed by atoms with Crippen LogP contribution in [0.2, 0.25) is 0 Å². The number of nitrogens with zero attached hydrogens (tertiary/aromatic N) is 3. The van der Waals surface area contributed by atoms with Crippen molar-refractivity contribution < 1.29 is 14.3 Å². The van der Waals surface area contributed by atoms with E-state index in [2.05, 4.69) is 10.2 Å². The van der Waals surface area contributed by atoms with Crippen LogP contribution < -0.4 is 20.3 Å². The summed E-state index contributed by atoms with van der Waals surface area (Å²) in [5, 5.41) is 3.35. The summed E-state index contributed by atoms with van der Waals surface area (Å²) in [5.41, 5.74) is 0.537. The van der Waals surface area contributed by atoms with Gasteiger partial charge in [-0.15, -0.1) is 0 Å². The summed E-state index contributed by atoms with van der Waals surface area (Å²) >= 11 is 0. The van der Waals surface area contributed by atoms with Crippen LogP contribution >= 0.6 is 0 Å². The molecule has 1 amide bonds. The standard InChI is InChI=1S/C28H36N4O4/c1-28(2,3)30-25(33)19-32-26(20-9-7-10-21(17-20)35-4)29-24-12-11-22(18-23(24)27(32)34)36-16-8-15-31-13-5-6-14-31/h7,9-12,17-18H,5-6,8,13-16,19H2,1-4H3,(H,30,33). The first-order chi connectivity index (χ1) is 17.2. The molecule has 8 nitrogen and oxygen atoms in total. The molecular weight excluding hydrogens is 456 g/mol. The minimum Gasteiger partial charge on any atom is -0.497 e. The molecule has 2 aromatic carbocycles. The summed E-state index contributed by atoms with van der Waals surface area (Å²) in [6.45, 7) is 9.51. The summed E-state index contributed by atoms with van der Waals surface area (Å²) in [4.78, 5) is 33.7. The number of hydrogen-bond donors (Lipinski definition) is 1. The zero-order valence-electron chi connectivity index (χ0n) is 21.7. The van der Waals surface area contributed by atoms with Crippen LogP contribution in [0.1, 0.15) is 40.0 Å². The Morgan fingerprint density at radius 1 is 1.08 bits per heavy atom. The number of fused-ring (bicyclic) bond motifs is 1. The van der Waals surface area contributed by atoms with Crippen LogP contribution in [0.15, 0.2) is 47.3 Å². The van der Waals surface area contributed by atoms with Crippen molar-refractivity contribution in [2.45, 2.75) is 52.1 Å². The lowest BCUT2D eigenvalue weighted by Gasteiger charge is -2.21. The highest BCUT2D eigenvalue weighted by molar-refractivity contribution is 5.83. The second kappa shape index (κ2) is 11.1. The number of amides is 1. The molecule has 0 spiro atoms. The molecule has 0 bridgehead atoms. The van der Waals surface area contributed by atoms with Crippen LogP contribution in [0.5, 0.6) is 11.5 Å². The van der Waals surface area contributed by atoms with Crippen LogP contribution in [0.25, 0.3) is 22.3 Å². The molecule has 192 valence electrons. The average Bonchev–Trinajstić information content (AvgIpc) is 3.36. The largest absolute Gasteiger partial charge is 0.497 e. The maximum atomic E-state index is 13.7. The maximum Gasteiger partial charge on any atom is 0.262 e. The van der Waals surface area contributed by atoms with E-state index in [9.17, 15) is 9.59 Å². The van der Waals surface area contributed by atoms with Gasteiger partial charge in [-0.3, -0.25) is 14.2 Å². The number of methoxy groups -OCH3 is 1. The van der Waals surface area contributed by atoms with Gasteiger partial charge in [0, 0.05) is 17.6 Å². The molecule has 0 atom stereocenters. The Kier molecular flexibility index (Phi) is 7.94. The molecule has 0 saturated carbocycles. The molecule has 0 radical (unpaired) electrons. The molecule has 2 heterocycles. The van der Waals surface area contributed by atoms with E-state index in [4.69, 9.17) is 14.5 Å². The van der Waals surface area contributed by atoms with Gasteiger partial charge in [0.25, 0.3) is 5.56 Å². The van der Waals surface area contributed by atoms with E-state index in [1.165, 1.54) is 30.5 Å². The summed E-state index contributed by atoms with van der Waals surface area (Å²) in [7, 11) is 1.59. The van der Waals surface area contributed by atoms with Crippen molar-refractivity contribution in [1.82, 2.24) is 19.8 Å². The second-order valence-electron chi connectivity index (χ2n) is 10.3. The molecule has 1 fully saturated rings. The number of aromatic nitrogens is 2. The predicted molar refractivity (Wildman–Crippen MR) is 142 cm³/mol. The Morgan fingerprint density at radius 3 is 2.58 bits per heavy atom. The van der Waals surface area contributed by atoms with Crippen LogP contribution in [0.4, 0.5) is 0 Å². The van der Waals surface area contributed by atoms with Gasteiger partial charge in [0.1, 0.15) is 23.9 Å². The van der Waals surface area contributed by atoms with E-state index in [0.29, 0.717) is 40.4 Å². The lowest BCUT2D eigenvalue weighted by molar-refractivity contribution is -0.123. The van der Waals surface area contributed by atoms with Crippen LogP contribution in [0.3, 0.4) is 0 Å². The van der Waals surface area contributed by atoms with E-state index in [0.717, 1.165) is 13.0 Å². The number of hydrogen-bond acceptors (Lipinski definition) is 6. The molecule has 36 heavy (non-hydrogen) atoms. The summed E-state index contributed by atoms with van der Waals surface area (Å²) in [6, 6.07) is 12.7. The maximum absolute atomic E-state index is 13.7. The first-order valence-electron chi connectivity index (χ1n) is 12.6. The Bertz CT molecular complexity index is 1270. The monoisotopic (exact) mass is 492 g/mol. The third kappa shape index (κ3) is 6.43. The van der Waals surface area contributed by atoms with Crippen LogP contribution in [-0.2, 0) is 11.3 Å². The molecule has 1 saturated heterocycles. The van der Waals surface area contributed by atoms with E-state index in [-0.39, 0.29) is 18.0 Å². The minimum atomic E-state index is -0.419. The number of carbonyl (C=O) groups is 1. The summed E-state index contributed by atoms with van der Waals surface area (Å²) in [6.07, 6.45) is 3.48. The van der Waals surface area contributed by atoms with Gasteiger partial charge < -0.3 is 19.7 Å². The predicted octanol–water partition coefficient (Wildman–Crippen LogP) is 3.85. The number of benzene rings is 2. The lowest BCUT2D eigenvalue weighted by Crippen LogP contribution is -2.43. The summed E-state index contributed by atoms with van der Waals surface area (Å²) in [5.74, 6) is 1.42. The molecule has 1 aromatic heterocycles. The fourth-order valence-electron chi connectivity index (χ4n) is 4.50. The van der Waals surface area contributed by atoms with Crippen LogP contribution in [0, 0.1) is 0 Å². The molecule has 0 aliphatic carbocycles. The number of likely N-dealkylation sites (tertiary alicyclic amines) is 1. The molecule has 0 unspecified atom stereocenters. The Morgan fingerprint density at radius 2 is 1.86 bits per heavy atom. The minimum absolute atomic E-state index is 0.146. The average molecular weight is 493 g/mol. The Hall–Kier alpha value is -3.39. The summed E-state index contributed by atoms with van der Waals surface area (Å²) < 4.78 is 12.8. The van der Waals surface area contributed by atoms with Gasteiger partial charge in [0.2, 0.25) is 5.91 Å². The van der Waals surface area contributed by atoms with Gasteiger partial charge in [-0.25, -0.2) is 4.98 Å².